The predicted octanol–water partition coefficient (Wildman–Crippen LogP) is 0.774. The molecule has 2 fully saturated rings. The van der Waals surface area contributed by atoms with Crippen molar-refractivity contribution >= 4 is 5.96 Å². The zero-order chi connectivity index (χ0) is 20.6. The predicted molar refractivity (Wildman–Crippen MR) is 115 cm³/mol. The van der Waals surface area contributed by atoms with E-state index in [0.29, 0.717) is 6.04 Å². The molecule has 0 saturated carbocycles. The molecule has 2 saturated heterocycles. The van der Waals surface area contributed by atoms with Gasteiger partial charge in [-0.05, 0) is 31.2 Å². The van der Waals surface area contributed by atoms with E-state index < -0.39 is 0 Å². The van der Waals surface area contributed by atoms with Gasteiger partial charge in [-0.2, -0.15) is 0 Å². The number of morpholine rings is 1. The molecule has 1 aromatic carbocycles. The number of nitrogens with zero attached hydrogens (tertiary/aromatic N) is 3. The summed E-state index contributed by atoms with van der Waals surface area (Å²) in [7, 11) is 7.32. The summed E-state index contributed by atoms with van der Waals surface area (Å²) in [5, 5.41) is 6.97. The Balaban J connectivity index is 1.46. The Morgan fingerprint density at radius 2 is 1.93 bits per heavy atom. The number of benzene rings is 1. The molecule has 2 N–H and O–H groups in total. The van der Waals surface area contributed by atoms with E-state index in [4.69, 9.17) is 14.2 Å². The Hall–Kier alpha value is -2.03. The standard InChI is InChI=1S/C21H35N5O3/c1-22-21(23-12-20-15-25(2)7-8-29-20)24-17-5-6-26(14-17)13-16-9-18(27-3)11-19(10-16)28-4/h9-11,17,20H,5-8,12-15H2,1-4H3,(H2,22,23,24). The summed E-state index contributed by atoms with van der Waals surface area (Å²) in [4.78, 5) is 9.13. The van der Waals surface area contributed by atoms with Gasteiger partial charge in [0.25, 0.3) is 0 Å². The highest BCUT2D eigenvalue weighted by molar-refractivity contribution is 5.80. The molecule has 2 aliphatic rings. The van der Waals surface area contributed by atoms with Gasteiger partial charge in [-0.25, -0.2) is 0 Å². The van der Waals surface area contributed by atoms with Crippen LogP contribution in [0.25, 0.3) is 0 Å². The van der Waals surface area contributed by atoms with Crippen molar-refractivity contribution in [2.24, 2.45) is 4.99 Å². The molecular formula is C21H35N5O3. The van der Waals surface area contributed by atoms with E-state index in [0.717, 1.165) is 69.8 Å². The Bertz CT molecular complexity index is 662. The first kappa shape index (κ1) is 21.7. The van der Waals surface area contributed by atoms with Gasteiger partial charge in [-0.1, -0.05) is 0 Å². The first-order valence-corrected chi connectivity index (χ1v) is 10.3. The van der Waals surface area contributed by atoms with Crippen LogP contribution in [-0.4, -0.2) is 95.6 Å². The summed E-state index contributed by atoms with van der Waals surface area (Å²) in [6.45, 7) is 6.41. The van der Waals surface area contributed by atoms with E-state index in [1.165, 1.54) is 5.56 Å². The van der Waals surface area contributed by atoms with E-state index in [2.05, 4.69) is 44.6 Å². The highest BCUT2D eigenvalue weighted by Gasteiger charge is 2.24. The summed E-state index contributed by atoms with van der Waals surface area (Å²) in [5.41, 5.74) is 1.20. The van der Waals surface area contributed by atoms with Crippen molar-refractivity contribution in [2.45, 2.75) is 25.1 Å². The smallest absolute Gasteiger partial charge is 0.191 e. The average Bonchev–Trinajstić information content (AvgIpc) is 3.17. The van der Waals surface area contributed by atoms with Crippen molar-refractivity contribution in [3.05, 3.63) is 23.8 Å². The molecule has 0 spiro atoms. The number of methoxy groups -OCH3 is 2. The molecule has 2 aliphatic heterocycles. The number of likely N-dealkylation sites (N-methyl/N-ethyl adjacent to an activating group) is 1. The highest BCUT2D eigenvalue weighted by atomic mass is 16.5. The largest absolute Gasteiger partial charge is 0.497 e. The number of hydrogen-bond acceptors (Lipinski definition) is 6. The lowest BCUT2D eigenvalue weighted by Crippen LogP contribution is -2.50. The monoisotopic (exact) mass is 405 g/mol. The quantitative estimate of drug-likeness (QED) is 0.513. The minimum Gasteiger partial charge on any atom is -0.497 e. The number of ether oxygens (including phenoxy) is 3. The van der Waals surface area contributed by atoms with Crippen LogP contribution in [0.2, 0.25) is 0 Å². The van der Waals surface area contributed by atoms with Crippen molar-refractivity contribution < 1.29 is 14.2 Å². The molecule has 0 aliphatic carbocycles. The first-order valence-electron chi connectivity index (χ1n) is 10.3. The van der Waals surface area contributed by atoms with E-state index in [9.17, 15) is 0 Å². The van der Waals surface area contributed by atoms with Crippen LogP contribution in [0.1, 0.15) is 12.0 Å². The highest BCUT2D eigenvalue weighted by Crippen LogP contribution is 2.24. The lowest BCUT2D eigenvalue weighted by Gasteiger charge is -2.30. The fraction of sp³-hybridized carbons (Fsp3) is 0.667. The van der Waals surface area contributed by atoms with Crippen molar-refractivity contribution in [2.75, 3.05) is 67.6 Å². The fourth-order valence-electron chi connectivity index (χ4n) is 3.90. The molecule has 8 nitrogen and oxygen atoms in total. The summed E-state index contributed by atoms with van der Waals surface area (Å²) >= 11 is 0. The normalized spacial score (nSPS) is 23.8. The maximum Gasteiger partial charge on any atom is 0.191 e. The molecule has 3 rings (SSSR count). The second-order valence-electron chi connectivity index (χ2n) is 7.79. The van der Waals surface area contributed by atoms with Crippen LogP contribution in [0.15, 0.2) is 23.2 Å². The Morgan fingerprint density at radius 1 is 1.17 bits per heavy atom. The molecule has 2 heterocycles. The molecule has 2 unspecified atom stereocenters. The van der Waals surface area contributed by atoms with Crippen molar-refractivity contribution in [3.8, 4) is 11.5 Å². The molecule has 0 radical (unpaired) electrons. The summed E-state index contributed by atoms with van der Waals surface area (Å²) in [5.74, 6) is 2.50. The van der Waals surface area contributed by atoms with Gasteiger partial charge < -0.3 is 29.7 Å². The van der Waals surface area contributed by atoms with Crippen LogP contribution in [0, 0.1) is 0 Å². The second-order valence-corrected chi connectivity index (χ2v) is 7.79. The SMILES string of the molecule is CN=C(NCC1CN(C)CCO1)NC1CCN(Cc2cc(OC)cc(OC)c2)C1. The van der Waals surface area contributed by atoms with Gasteiger partial charge in [0.1, 0.15) is 11.5 Å². The van der Waals surface area contributed by atoms with Crippen LogP contribution < -0.4 is 20.1 Å². The third-order valence-corrected chi connectivity index (χ3v) is 5.49. The van der Waals surface area contributed by atoms with Gasteiger partial charge in [0.15, 0.2) is 5.96 Å². The topological polar surface area (TPSA) is 70.6 Å². The number of hydrogen-bond donors (Lipinski definition) is 2. The molecule has 0 amide bonds. The van der Waals surface area contributed by atoms with Crippen LogP contribution >= 0.6 is 0 Å². The summed E-state index contributed by atoms with van der Waals surface area (Å²) < 4.78 is 16.6. The maximum absolute atomic E-state index is 5.82. The minimum absolute atomic E-state index is 0.204. The van der Waals surface area contributed by atoms with Crippen LogP contribution in [0.4, 0.5) is 0 Å². The number of guanidine groups is 1. The van der Waals surface area contributed by atoms with Gasteiger partial charge in [-0.3, -0.25) is 9.89 Å². The van der Waals surface area contributed by atoms with Crippen LogP contribution in [0.5, 0.6) is 11.5 Å². The maximum atomic E-state index is 5.82. The number of nitrogens with one attached hydrogen (secondary N) is 2. The minimum atomic E-state index is 0.204. The molecule has 162 valence electrons. The van der Waals surface area contributed by atoms with Gasteiger partial charge in [-0.15, -0.1) is 0 Å². The lowest BCUT2D eigenvalue weighted by molar-refractivity contribution is -0.0161. The first-order chi connectivity index (χ1) is 14.1. The molecular weight excluding hydrogens is 370 g/mol. The molecule has 0 bridgehead atoms. The Kier molecular flexibility index (Phi) is 7.97. The van der Waals surface area contributed by atoms with Crippen molar-refractivity contribution in [1.29, 1.82) is 0 Å². The third-order valence-electron chi connectivity index (χ3n) is 5.49. The van der Waals surface area contributed by atoms with Gasteiger partial charge >= 0.3 is 0 Å². The molecule has 0 aromatic heterocycles. The molecule has 29 heavy (non-hydrogen) atoms. The Morgan fingerprint density at radius 3 is 2.59 bits per heavy atom. The Labute approximate surface area is 174 Å². The second kappa shape index (κ2) is 10.7. The van der Waals surface area contributed by atoms with E-state index in [-0.39, 0.29) is 6.10 Å². The van der Waals surface area contributed by atoms with Gasteiger partial charge in [0, 0.05) is 58.4 Å². The summed E-state index contributed by atoms with van der Waals surface area (Å²) in [6.07, 6.45) is 1.29. The van der Waals surface area contributed by atoms with Crippen LogP contribution in [0.3, 0.4) is 0 Å². The zero-order valence-corrected chi connectivity index (χ0v) is 18.1. The molecule has 8 heteroatoms. The average molecular weight is 406 g/mol. The van der Waals surface area contributed by atoms with E-state index >= 15 is 0 Å². The van der Waals surface area contributed by atoms with E-state index in [1.54, 1.807) is 14.2 Å². The summed E-state index contributed by atoms with van der Waals surface area (Å²) in [6, 6.07) is 6.43. The van der Waals surface area contributed by atoms with Gasteiger partial charge in [0.2, 0.25) is 0 Å². The third kappa shape index (κ3) is 6.48. The fourth-order valence-corrected chi connectivity index (χ4v) is 3.90. The molecule has 2 atom stereocenters. The van der Waals surface area contributed by atoms with Crippen molar-refractivity contribution in [3.63, 3.8) is 0 Å². The van der Waals surface area contributed by atoms with Gasteiger partial charge in [0.05, 0.1) is 26.9 Å². The molecule has 1 aromatic rings. The number of rotatable bonds is 7. The zero-order valence-electron chi connectivity index (χ0n) is 18.1. The lowest BCUT2D eigenvalue weighted by atomic mass is 10.2. The van der Waals surface area contributed by atoms with Crippen LogP contribution in [-0.2, 0) is 11.3 Å². The number of aliphatic imine (C=N–C) groups is 1. The van der Waals surface area contributed by atoms with E-state index in [1.807, 2.05) is 13.1 Å². The van der Waals surface area contributed by atoms with Crippen molar-refractivity contribution in [1.82, 2.24) is 20.4 Å². The number of likely N-dealkylation sites (tertiary alicyclic amines) is 1.